The molecule has 1 unspecified atom stereocenters. The predicted molar refractivity (Wildman–Crippen MR) is 128 cm³/mol. The van der Waals surface area contributed by atoms with Crippen molar-refractivity contribution in [3.05, 3.63) is 64.5 Å². The van der Waals surface area contributed by atoms with Gasteiger partial charge in [0.15, 0.2) is 0 Å². The fraction of sp³-hybridized carbons (Fsp3) is 0.481. The summed E-state index contributed by atoms with van der Waals surface area (Å²) >= 11 is 0. The number of urea groups is 1. The number of rotatable bonds is 9. The van der Waals surface area contributed by atoms with Crippen molar-refractivity contribution in [2.24, 2.45) is 0 Å². The molecule has 1 saturated heterocycles. The summed E-state index contributed by atoms with van der Waals surface area (Å²) < 4.78 is 106. The first kappa shape index (κ1) is 29.6. The molecule has 2 aliphatic rings. The van der Waals surface area contributed by atoms with Crippen molar-refractivity contribution in [2.45, 2.75) is 69.6 Å². The second-order valence-electron chi connectivity index (χ2n) is 9.86. The highest BCUT2D eigenvalue weighted by Crippen LogP contribution is 2.58. The number of imide groups is 1. The molecule has 2 heterocycles. The lowest BCUT2D eigenvalue weighted by Crippen LogP contribution is -2.53. The van der Waals surface area contributed by atoms with Gasteiger partial charge in [-0.3, -0.25) is 9.69 Å². The van der Waals surface area contributed by atoms with Gasteiger partial charge in [-0.15, -0.1) is 0 Å². The molecular formula is C27H27F7N2O4. The monoisotopic (exact) mass is 576 g/mol. The highest BCUT2D eigenvalue weighted by atomic mass is 19.4. The molecule has 2 aromatic carbocycles. The Hall–Kier alpha value is -3.35. The van der Waals surface area contributed by atoms with Gasteiger partial charge < -0.3 is 14.8 Å². The predicted octanol–water partition coefficient (Wildman–Crippen LogP) is 6.25. The van der Waals surface area contributed by atoms with Crippen LogP contribution in [0.4, 0.5) is 35.5 Å². The highest BCUT2D eigenvalue weighted by molar-refractivity contribution is 6.07. The summed E-state index contributed by atoms with van der Waals surface area (Å²) in [6.07, 6.45) is -10.2. The molecule has 2 aromatic rings. The van der Waals surface area contributed by atoms with E-state index < -0.39 is 53.4 Å². The van der Waals surface area contributed by atoms with Gasteiger partial charge in [-0.2, -0.15) is 26.3 Å². The molecule has 40 heavy (non-hydrogen) atoms. The quantitative estimate of drug-likeness (QED) is 0.218. The number of benzene rings is 2. The Morgan fingerprint density at radius 1 is 1.00 bits per heavy atom. The maximum absolute atomic E-state index is 13.7. The smallest absolute Gasteiger partial charge is 0.430 e. The molecule has 13 heteroatoms. The lowest BCUT2D eigenvalue weighted by molar-refractivity contribution is -0.385. The van der Waals surface area contributed by atoms with Crippen LogP contribution in [0.2, 0.25) is 0 Å². The van der Waals surface area contributed by atoms with Crippen molar-refractivity contribution in [2.75, 3.05) is 13.2 Å². The second-order valence-corrected chi connectivity index (χ2v) is 9.86. The van der Waals surface area contributed by atoms with Crippen molar-refractivity contribution in [3.8, 4) is 5.75 Å². The van der Waals surface area contributed by atoms with E-state index in [1.165, 1.54) is 31.2 Å². The summed E-state index contributed by atoms with van der Waals surface area (Å²) in [5.74, 6) is -0.839. The average Bonchev–Trinajstić information content (AvgIpc) is 3.37. The molecule has 2 aliphatic heterocycles. The molecule has 1 N–H and O–H groups in total. The standard InChI is InChI=1S/C27H27F7N2O4/c1-3-6-18-19-15-40-25(26(29,30)31,27(32,33)34)20(19)11-12-21(18)39-14-5-4-13-36-22(37)24(2,35-23(36)38)16-7-9-17(28)10-8-16/h7-12H,3-6,13-15H2,1-2H3,(H,35,38). The number of fused-ring (bicyclic) bond motifs is 1. The summed E-state index contributed by atoms with van der Waals surface area (Å²) in [4.78, 5) is 26.5. The number of nitrogens with one attached hydrogen (secondary N) is 1. The van der Waals surface area contributed by atoms with E-state index in [0.717, 1.165) is 17.0 Å². The number of amides is 3. The van der Waals surface area contributed by atoms with E-state index in [0.29, 0.717) is 24.8 Å². The zero-order chi connectivity index (χ0) is 29.5. The van der Waals surface area contributed by atoms with Gasteiger partial charge in [-0.1, -0.05) is 31.5 Å². The molecule has 4 rings (SSSR count). The number of unbranched alkanes of at least 4 members (excludes halogenated alkanes) is 1. The summed E-state index contributed by atoms with van der Waals surface area (Å²) in [6.45, 7) is 2.48. The van der Waals surface area contributed by atoms with Crippen LogP contribution in [0.1, 0.15) is 55.4 Å². The van der Waals surface area contributed by atoms with Crippen molar-refractivity contribution in [3.63, 3.8) is 0 Å². The maximum atomic E-state index is 13.7. The molecule has 0 saturated carbocycles. The largest absolute Gasteiger partial charge is 0.493 e. The fourth-order valence-electron chi connectivity index (χ4n) is 5.15. The van der Waals surface area contributed by atoms with E-state index in [1.807, 2.05) is 0 Å². The van der Waals surface area contributed by atoms with Crippen molar-refractivity contribution >= 4 is 11.9 Å². The van der Waals surface area contributed by atoms with E-state index in [-0.39, 0.29) is 36.4 Å². The maximum Gasteiger partial charge on any atom is 0.430 e. The number of hydrogen-bond acceptors (Lipinski definition) is 4. The van der Waals surface area contributed by atoms with E-state index in [2.05, 4.69) is 10.1 Å². The number of carbonyl (C=O) groups excluding carboxylic acids is 2. The van der Waals surface area contributed by atoms with Crippen LogP contribution >= 0.6 is 0 Å². The second kappa shape index (κ2) is 10.6. The van der Waals surface area contributed by atoms with Crippen molar-refractivity contribution in [1.82, 2.24) is 10.2 Å². The molecule has 6 nitrogen and oxygen atoms in total. The third-order valence-electron chi connectivity index (χ3n) is 7.23. The van der Waals surface area contributed by atoms with Gasteiger partial charge in [0.1, 0.15) is 17.1 Å². The number of nitrogens with zero attached hydrogens (tertiary/aromatic N) is 1. The molecule has 0 spiro atoms. The summed E-state index contributed by atoms with van der Waals surface area (Å²) in [5.41, 5.74) is -6.28. The summed E-state index contributed by atoms with van der Waals surface area (Å²) in [6, 6.07) is 6.42. The van der Waals surface area contributed by atoms with Gasteiger partial charge in [0.25, 0.3) is 11.5 Å². The van der Waals surface area contributed by atoms with E-state index in [1.54, 1.807) is 6.92 Å². The molecule has 1 fully saturated rings. The Bertz CT molecular complexity index is 1260. The molecule has 0 radical (unpaired) electrons. The van der Waals surface area contributed by atoms with Gasteiger partial charge in [0, 0.05) is 17.7 Å². The summed E-state index contributed by atoms with van der Waals surface area (Å²) in [7, 11) is 0. The first-order valence-electron chi connectivity index (χ1n) is 12.6. The van der Waals surface area contributed by atoms with Crippen LogP contribution in [-0.2, 0) is 33.7 Å². The first-order valence-corrected chi connectivity index (χ1v) is 12.6. The van der Waals surface area contributed by atoms with E-state index >= 15 is 0 Å². The molecule has 0 bridgehead atoms. The topological polar surface area (TPSA) is 67.9 Å². The van der Waals surface area contributed by atoms with Gasteiger partial charge in [-0.05, 0) is 55.5 Å². The molecule has 1 atom stereocenters. The van der Waals surface area contributed by atoms with Gasteiger partial charge in [-0.25, -0.2) is 9.18 Å². The first-order chi connectivity index (χ1) is 18.7. The van der Waals surface area contributed by atoms with Crippen molar-refractivity contribution in [1.29, 1.82) is 0 Å². The molecule has 0 aliphatic carbocycles. The SMILES string of the molecule is CCCc1c(OCCCCN2C(=O)NC(C)(c3ccc(F)cc3)C2=O)ccc2c1COC2(C(F)(F)F)C(F)(F)F. The van der Waals surface area contributed by atoms with Gasteiger partial charge in [0.05, 0.1) is 13.2 Å². The normalized spacial score (nSPS) is 20.6. The summed E-state index contributed by atoms with van der Waals surface area (Å²) in [5, 5.41) is 2.62. The van der Waals surface area contributed by atoms with Crippen molar-refractivity contribution < 1.29 is 49.8 Å². The Labute approximate surface area is 225 Å². The Balaban J connectivity index is 1.42. The van der Waals surface area contributed by atoms with Crippen LogP contribution < -0.4 is 10.1 Å². The van der Waals surface area contributed by atoms with Crippen LogP contribution in [0, 0.1) is 5.82 Å². The third-order valence-corrected chi connectivity index (χ3v) is 7.23. The Morgan fingerprint density at radius 3 is 2.25 bits per heavy atom. The highest BCUT2D eigenvalue weighted by Gasteiger charge is 2.75. The van der Waals surface area contributed by atoms with Crippen LogP contribution in [0.3, 0.4) is 0 Å². The minimum Gasteiger partial charge on any atom is -0.493 e. The van der Waals surface area contributed by atoms with E-state index in [4.69, 9.17) is 4.74 Å². The van der Waals surface area contributed by atoms with Gasteiger partial charge >= 0.3 is 18.4 Å². The Kier molecular flexibility index (Phi) is 7.83. The molecule has 3 amide bonds. The number of ether oxygens (including phenoxy) is 2. The zero-order valence-corrected chi connectivity index (χ0v) is 21.6. The van der Waals surface area contributed by atoms with E-state index in [9.17, 15) is 40.3 Å². The third kappa shape index (κ3) is 4.88. The van der Waals surface area contributed by atoms with Crippen LogP contribution in [0.15, 0.2) is 36.4 Å². The van der Waals surface area contributed by atoms with Crippen LogP contribution in [0.5, 0.6) is 5.75 Å². The number of alkyl halides is 6. The van der Waals surface area contributed by atoms with Crippen LogP contribution in [0.25, 0.3) is 0 Å². The molecule has 218 valence electrons. The number of halogens is 7. The number of carbonyl (C=O) groups is 2. The average molecular weight is 577 g/mol. The zero-order valence-electron chi connectivity index (χ0n) is 21.6. The fourth-order valence-corrected chi connectivity index (χ4v) is 5.15. The molecule has 0 aromatic heterocycles. The van der Waals surface area contributed by atoms with Crippen LogP contribution in [-0.4, -0.2) is 42.3 Å². The Morgan fingerprint density at radius 2 is 1.65 bits per heavy atom. The number of hydrogen-bond donors (Lipinski definition) is 1. The lowest BCUT2D eigenvalue weighted by atomic mass is 9.87. The van der Waals surface area contributed by atoms with Gasteiger partial charge in [0.2, 0.25) is 0 Å². The minimum absolute atomic E-state index is 0.0406. The lowest BCUT2D eigenvalue weighted by Gasteiger charge is -2.33. The minimum atomic E-state index is -5.71. The molecular weight excluding hydrogens is 549 g/mol.